The number of esters is 1. The minimum atomic E-state index is -0.526. The van der Waals surface area contributed by atoms with E-state index in [2.05, 4.69) is 15.0 Å². The third-order valence-electron chi connectivity index (χ3n) is 1.77. The van der Waals surface area contributed by atoms with Crippen LogP contribution in [0.1, 0.15) is 10.5 Å². The lowest BCUT2D eigenvalue weighted by Crippen LogP contribution is -2.02. The first-order valence-corrected chi connectivity index (χ1v) is 4.20. The molecule has 0 unspecified atom stereocenters. The van der Waals surface area contributed by atoms with Crippen LogP contribution in [0.15, 0.2) is 18.2 Å². The van der Waals surface area contributed by atoms with E-state index in [4.69, 9.17) is 11.6 Å². The quantitative estimate of drug-likeness (QED) is 0.525. The van der Waals surface area contributed by atoms with Crippen molar-refractivity contribution in [1.82, 2.24) is 14.8 Å². The van der Waals surface area contributed by atoms with Gasteiger partial charge in [-0.15, -0.1) is 5.10 Å². The summed E-state index contributed by atoms with van der Waals surface area (Å²) in [5.41, 5.74) is 0.694. The highest BCUT2D eigenvalue weighted by Crippen LogP contribution is 2.14. The maximum atomic E-state index is 11.2. The fraction of sp³-hybridized carbons (Fsp3) is 0.125. The molecule has 0 saturated carbocycles. The Bertz CT molecular complexity index is 494. The Kier molecular flexibility index (Phi) is 2.09. The summed E-state index contributed by atoms with van der Waals surface area (Å²) in [6.45, 7) is 0. The first kappa shape index (κ1) is 8.96. The molecule has 0 aliphatic carbocycles. The SMILES string of the molecule is COC(=O)c1nnn2c(Cl)cccc12. The molecule has 0 saturated heterocycles. The van der Waals surface area contributed by atoms with Crippen LogP contribution in [0.2, 0.25) is 5.15 Å². The number of hydrogen-bond donors (Lipinski definition) is 0. The Morgan fingerprint density at radius 3 is 3.07 bits per heavy atom. The standard InChI is InChI=1S/C8H6ClN3O2/c1-14-8(13)7-5-3-2-4-6(9)12(5)11-10-7/h2-4H,1H3. The van der Waals surface area contributed by atoms with Crippen molar-refractivity contribution in [1.29, 1.82) is 0 Å². The highest BCUT2D eigenvalue weighted by atomic mass is 35.5. The van der Waals surface area contributed by atoms with Crippen LogP contribution in [0.3, 0.4) is 0 Å². The van der Waals surface area contributed by atoms with Gasteiger partial charge in [-0.2, -0.15) is 0 Å². The lowest BCUT2D eigenvalue weighted by Gasteiger charge is -1.95. The molecular weight excluding hydrogens is 206 g/mol. The highest BCUT2D eigenvalue weighted by Gasteiger charge is 2.15. The zero-order valence-corrected chi connectivity index (χ0v) is 8.02. The smallest absolute Gasteiger partial charge is 0.360 e. The monoisotopic (exact) mass is 211 g/mol. The van der Waals surface area contributed by atoms with Crippen molar-refractivity contribution in [2.75, 3.05) is 7.11 Å². The molecule has 2 rings (SSSR count). The van der Waals surface area contributed by atoms with Crippen LogP contribution in [-0.4, -0.2) is 27.9 Å². The van der Waals surface area contributed by atoms with Crippen molar-refractivity contribution in [2.45, 2.75) is 0 Å². The molecule has 6 heteroatoms. The van der Waals surface area contributed by atoms with E-state index >= 15 is 0 Å². The van der Waals surface area contributed by atoms with Crippen LogP contribution < -0.4 is 0 Å². The van der Waals surface area contributed by atoms with E-state index in [-0.39, 0.29) is 5.69 Å². The maximum Gasteiger partial charge on any atom is 0.360 e. The molecule has 14 heavy (non-hydrogen) atoms. The van der Waals surface area contributed by atoms with Gasteiger partial charge in [0.2, 0.25) is 0 Å². The molecule has 0 bridgehead atoms. The summed E-state index contributed by atoms with van der Waals surface area (Å²) in [5.74, 6) is -0.526. The van der Waals surface area contributed by atoms with E-state index in [0.717, 1.165) is 0 Å². The molecular formula is C8H6ClN3O2. The molecule has 0 fully saturated rings. The van der Waals surface area contributed by atoms with Crippen LogP contribution >= 0.6 is 11.6 Å². The van der Waals surface area contributed by atoms with Gasteiger partial charge in [-0.1, -0.05) is 22.9 Å². The van der Waals surface area contributed by atoms with E-state index in [9.17, 15) is 4.79 Å². The third-order valence-corrected chi connectivity index (χ3v) is 2.06. The highest BCUT2D eigenvalue weighted by molar-refractivity contribution is 6.29. The maximum absolute atomic E-state index is 11.2. The van der Waals surface area contributed by atoms with Crippen molar-refractivity contribution >= 4 is 23.1 Å². The van der Waals surface area contributed by atoms with Gasteiger partial charge >= 0.3 is 5.97 Å². The predicted octanol–water partition coefficient (Wildman–Crippen LogP) is 1.17. The lowest BCUT2D eigenvalue weighted by atomic mass is 10.3. The molecule has 0 amide bonds. The zero-order chi connectivity index (χ0) is 10.1. The zero-order valence-electron chi connectivity index (χ0n) is 7.27. The molecule has 2 aromatic heterocycles. The van der Waals surface area contributed by atoms with Gasteiger partial charge in [0.25, 0.3) is 0 Å². The van der Waals surface area contributed by atoms with Gasteiger partial charge in [0.15, 0.2) is 5.69 Å². The normalized spacial score (nSPS) is 10.4. The number of fused-ring (bicyclic) bond motifs is 1. The number of hydrogen-bond acceptors (Lipinski definition) is 4. The summed E-state index contributed by atoms with van der Waals surface area (Å²) in [7, 11) is 1.29. The molecule has 72 valence electrons. The fourth-order valence-electron chi connectivity index (χ4n) is 1.13. The lowest BCUT2D eigenvalue weighted by molar-refractivity contribution is 0.0596. The van der Waals surface area contributed by atoms with Crippen LogP contribution in [0.5, 0.6) is 0 Å². The second-order valence-electron chi connectivity index (χ2n) is 2.58. The van der Waals surface area contributed by atoms with Gasteiger partial charge in [0, 0.05) is 0 Å². The Morgan fingerprint density at radius 1 is 1.57 bits per heavy atom. The average molecular weight is 212 g/mol. The van der Waals surface area contributed by atoms with Gasteiger partial charge in [0.1, 0.15) is 10.7 Å². The summed E-state index contributed by atoms with van der Waals surface area (Å²) in [5, 5.41) is 7.80. The summed E-state index contributed by atoms with van der Waals surface area (Å²) >= 11 is 5.83. The number of nitrogens with zero attached hydrogens (tertiary/aromatic N) is 3. The number of rotatable bonds is 1. The Balaban J connectivity index is 2.70. The van der Waals surface area contributed by atoms with Gasteiger partial charge in [-0.05, 0) is 12.1 Å². The minimum absolute atomic E-state index is 0.162. The van der Waals surface area contributed by atoms with E-state index in [1.54, 1.807) is 18.2 Å². The van der Waals surface area contributed by atoms with E-state index in [1.807, 2.05) is 0 Å². The van der Waals surface area contributed by atoms with Gasteiger partial charge < -0.3 is 4.74 Å². The Morgan fingerprint density at radius 2 is 2.36 bits per heavy atom. The van der Waals surface area contributed by atoms with Gasteiger partial charge in [-0.25, -0.2) is 9.31 Å². The predicted molar refractivity (Wildman–Crippen MR) is 49.3 cm³/mol. The third kappa shape index (κ3) is 1.22. The Hall–Kier alpha value is -1.62. The first-order chi connectivity index (χ1) is 6.74. The summed E-state index contributed by atoms with van der Waals surface area (Å²) in [4.78, 5) is 11.2. The number of methoxy groups -OCH3 is 1. The average Bonchev–Trinajstić information content (AvgIpc) is 2.62. The number of carbonyl (C=O) groups excluding carboxylic acids is 1. The van der Waals surface area contributed by atoms with Crippen molar-refractivity contribution < 1.29 is 9.53 Å². The molecule has 0 radical (unpaired) electrons. The van der Waals surface area contributed by atoms with Crippen molar-refractivity contribution in [3.05, 3.63) is 29.0 Å². The van der Waals surface area contributed by atoms with Crippen LogP contribution in [-0.2, 0) is 4.74 Å². The minimum Gasteiger partial charge on any atom is -0.464 e. The number of carbonyl (C=O) groups is 1. The molecule has 0 aliphatic heterocycles. The summed E-state index contributed by atoms with van der Waals surface area (Å²) in [6, 6.07) is 5.07. The van der Waals surface area contributed by atoms with Crippen LogP contribution in [0.4, 0.5) is 0 Å². The topological polar surface area (TPSA) is 56.5 Å². The van der Waals surface area contributed by atoms with E-state index < -0.39 is 5.97 Å². The molecule has 0 aromatic carbocycles. The molecule has 2 aromatic rings. The number of ether oxygens (including phenoxy) is 1. The Labute approximate surface area is 84.2 Å². The summed E-state index contributed by atoms with van der Waals surface area (Å²) in [6.07, 6.45) is 0. The van der Waals surface area contributed by atoms with Gasteiger partial charge in [0.05, 0.1) is 7.11 Å². The van der Waals surface area contributed by atoms with Crippen LogP contribution in [0, 0.1) is 0 Å². The largest absolute Gasteiger partial charge is 0.464 e. The first-order valence-electron chi connectivity index (χ1n) is 3.82. The summed E-state index contributed by atoms with van der Waals surface area (Å²) < 4.78 is 5.91. The number of aromatic nitrogens is 3. The van der Waals surface area contributed by atoms with E-state index in [0.29, 0.717) is 10.7 Å². The van der Waals surface area contributed by atoms with Crippen molar-refractivity contribution in [3.63, 3.8) is 0 Å². The molecule has 0 aliphatic rings. The molecule has 0 atom stereocenters. The van der Waals surface area contributed by atoms with E-state index in [1.165, 1.54) is 11.6 Å². The number of halogens is 1. The number of pyridine rings is 1. The molecule has 5 nitrogen and oxygen atoms in total. The molecule has 0 N–H and O–H groups in total. The molecule has 0 spiro atoms. The second kappa shape index (κ2) is 3.26. The molecule has 2 heterocycles. The fourth-order valence-corrected chi connectivity index (χ4v) is 1.33. The van der Waals surface area contributed by atoms with Crippen molar-refractivity contribution in [2.24, 2.45) is 0 Å². The van der Waals surface area contributed by atoms with Crippen LogP contribution in [0.25, 0.3) is 5.52 Å². The van der Waals surface area contributed by atoms with Crippen molar-refractivity contribution in [3.8, 4) is 0 Å². The second-order valence-corrected chi connectivity index (χ2v) is 2.96. The van der Waals surface area contributed by atoms with Gasteiger partial charge in [-0.3, -0.25) is 0 Å².